The van der Waals surface area contributed by atoms with Crippen molar-refractivity contribution < 1.29 is 14.3 Å². The summed E-state index contributed by atoms with van der Waals surface area (Å²) in [5.74, 6) is 2.91. The molecular weight excluding hydrogens is 522 g/mol. The zero-order chi connectivity index (χ0) is 28.5. The number of aromatic nitrogens is 3. The van der Waals surface area contributed by atoms with Gasteiger partial charge in [0, 0.05) is 55.1 Å². The molecule has 0 bridgehead atoms. The van der Waals surface area contributed by atoms with Gasteiger partial charge in [0.1, 0.15) is 5.82 Å². The van der Waals surface area contributed by atoms with Crippen LogP contribution in [0.4, 0.5) is 5.82 Å². The largest absolute Gasteiger partial charge is 0.493 e. The number of pyridine rings is 1. The maximum atomic E-state index is 12.7. The predicted molar refractivity (Wildman–Crippen MR) is 159 cm³/mol. The zero-order valence-electron chi connectivity index (χ0n) is 23.6. The molecule has 2 aromatic carbocycles. The average molecular weight is 558 g/mol. The highest BCUT2D eigenvalue weighted by molar-refractivity contribution is 7.98. The molecule has 0 radical (unpaired) electrons. The molecule has 0 saturated carbocycles. The number of hydrogen-bond acceptors (Lipinski definition) is 8. The van der Waals surface area contributed by atoms with Crippen LogP contribution in [0.5, 0.6) is 11.5 Å². The highest BCUT2D eigenvalue weighted by Gasteiger charge is 2.14. The number of nitrogens with zero attached hydrogens (tertiary/aromatic N) is 4. The number of methoxy groups -OCH3 is 2. The van der Waals surface area contributed by atoms with E-state index in [4.69, 9.17) is 19.4 Å². The second-order valence-electron chi connectivity index (χ2n) is 9.43. The lowest BCUT2D eigenvalue weighted by Crippen LogP contribution is -2.23. The Morgan fingerprint density at radius 2 is 1.70 bits per heavy atom. The molecule has 0 spiro atoms. The summed E-state index contributed by atoms with van der Waals surface area (Å²) in [6.45, 7) is 5.31. The lowest BCUT2D eigenvalue weighted by Gasteiger charge is -2.22. The van der Waals surface area contributed by atoms with E-state index in [2.05, 4.69) is 35.2 Å². The molecule has 1 N–H and O–H groups in total. The topological polar surface area (TPSA) is 89.5 Å². The number of thioether (sulfide) groups is 1. The van der Waals surface area contributed by atoms with Gasteiger partial charge < -0.3 is 19.7 Å². The summed E-state index contributed by atoms with van der Waals surface area (Å²) in [5.41, 5.74) is 5.84. The molecule has 2 heterocycles. The van der Waals surface area contributed by atoms with Crippen LogP contribution in [0.2, 0.25) is 0 Å². The first-order valence-electron chi connectivity index (χ1n) is 13.0. The standard InChI is InChI=1S/C31H35N5O3S/c1-21-22(2)34-31(35-29(21)36(3)16-13-23-9-10-27(38-4)28(18-23)39-5)40-20-25-7-6-8-26(17-25)30(37)33-19-24-11-14-32-15-12-24/h6-12,14-15,17-18H,13,16,19-20H2,1-5H3,(H,33,37). The first-order chi connectivity index (χ1) is 19.4. The minimum atomic E-state index is -0.107. The molecule has 0 aliphatic carbocycles. The summed E-state index contributed by atoms with van der Waals surface area (Å²) >= 11 is 1.56. The second-order valence-corrected chi connectivity index (χ2v) is 10.4. The smallest absolute Gasteiger partial charge is 0.251 e. The number of aryl methyl sites for hydroxylation is 1. The highest BCUT2D eigenvalue weighted by atomic mass is 32.2. The number of amides is 1. The van der Waals surface area contributed by atoms with Crippen molar-refractivity contribution in [2.75, 3.05) is 32.7 Å². The molecule has 0 aliphatic rings. The summed E-state index contributed by atoms with van der Waals surface area (Å²) < 4.78 is 10.8. The van der Waals surface area contributed by atoms with Gasteiger partial charge in [-0.3, -0.25) is 9.78 Å². The van der Waals surface area contributed by atoms with Gasteiger partial charge >= 0.3 is 0 Å². The number of carbonyl (C=O) groups is 1. The van der Waals surface area contributed by atoms with Gasteiger partial charge in [0.25, 0.3) is 5.91 Å². The van der Waals surface area contributed by atoms with E-state index in [1.54, 1.807) is 38.4 Å². The van der Waals surface area contributed by atoms with Crippen molar-refractivity contribution in [3.63, 3.8) is 0 Å². The van der Waals surface area contributed by atoms with Gasteiger partial charge in [0.15, 0.2) is 16.7 Å². The predicted octanol–water partition coefficient (Wildman–Crippen LogP) is 5.41. The summed E-state index contributed by atoms with van der Waals surface area (Å²) in [5, 5.41) is 3.68. The zero-order valence-corrected chi connectivity index (χ0v) is 24.4. The van der Waals surface area contributed by atoms with Crippen LogP contribution in [0.3, 0.4) is 0 Å². The van der Waals surface area contributed by atoms with Gasteiger partial charge in [-0.25, -0.2) is 9.97 Å². The number of rotatable bonds is 12. The quantitative estimate of drug-likeness (QED) is 0.183. The second kappa shape index (κ2) is 13.8. The molecule has 4 rings (SSSR count). The molecule has 0 aliphatic heterocycles. The lowest BCUT2D eigenvalue weighted by molar-refractivity contribution is 0.0951. The van der Waals surface area contributed by atoms with Crippen molar-refractivity contribution in [1.82, 2.24) is 20.3 Å². The van der Waals surface area contributed by atoms with E-state index in [1.165, 1.54) is 0 Å². The van der Waals surface area contributed by atoms with Crippen molar-refractivity contribution in [1.29, 1.82) is 0 Å². The summed E-state index contributed by atoms with van der Waals surface area (Å²) in [6, 6.07) is 17.5. The molecule has 0 saturated heterocycles. The Labute approximate surface area is 240 Å². The third-order valence-electron chi connectivity index (χ3n) is 6.65. The van der Waals surface area contributed by atoms with E-state index in [0.717, 1.165) is 58.2 Å². The van der Waals surface area contributed by atoms with E-state index in [9.17, 15) is 4.79 Å². The molecule has 40 heavy (non-hydrogen) atoms. The van der Waals surface area contributed by atoms with E-state index < -0.39 is 0 Å². The van der Waals surface area contributed by atoms with Crippen LogP contribution in [0.1, 0.15) is 38.3 Å². The van der Waals surface area contributed by atoms with Gasteiger partial charge in [-0.2, -0.15) is 0 Å². The van der Waals surface area contributed by atoms with Gasteiger partial charge in [-0.1, -0.05) is 30.0 Å². The fourth-order valence-electron chi connectivity index (χ4n) is 4.20. The third-order valence-corrected chi connectivity index (χ3v) is 7.57. The van der Waals surface area contributed by atoms with Crippen LogP contribution in [-0.2, 0) is 18.7 Å². The first kappa shape index (κ1) is 28.9. The van der Waals surface area contributed by atoms with Gasteiger partial charge in [0.05, 0.1) is 14.2 Å². The lowest BCUT2D eigenvalue weighted by atomic mass is 10.1. The molecule has 0 atom stereocenters. The van der Waals surface area contributed by atoms with Crippen molar-refractivity contribution in [3.05, 3.63) is 101 Å². The minimum Gasteiger partial charge on any atom is -0.493 e. The Balaban J connectivity index is 1.38. The van der Waals surface area contributed by atoms with Crippen LogP contribution in [0.25, 0.3) is 0 Å². The van der Waals surface area contributed by atoms with Gasteiger partial charge in [-0.05, 0) is 73.4 Å². The molecule has 0 unspecified atom stereocenters. The Morgan fingerprint density at radius 1 is 0.925 bits per heavy atom. The van der Waals surface area contributed by atoms with Crippen LogP contribution in [-0.4, -0.2) is 48.7 Å². The molecule has 2 aromatic heterocycles. The Kier molecular flexibility index (Phi) is 9.96. The number of carbonyl (C=O) groups excluding carboxylic acids is 1. The molecule has 1 amide bonds. The number of benzene rings is 2. The van der Waals surface area contributed by atoms with E-state index in [-0.39, 0.29) is 5.91 Å². The van der Waals surface area contributed by atoms with Crippen LogP contribution >= 0.6 is 11.8 Å². The monoisotopic (exact) mass is 557 g/mol. The SMILES string of the molecule is COc1ccc(CCN(C)c2nc(SCc3cccc(C(=O)NCc4ccncc4)c3)nc(C)c2C)cc1OC. The number of anilines is 1. The maximum absolute atomic E-state index is 12.7. The van der Waals surface area contributed by atoms with Crippen molar-refractivity contribution in [2.24, 2.45) is 0 Å². The Hall–Kier alpha value is -4.11. The summed E-state index contributed by atoms with van der Waals surface area (Å²) in [7, 11) is 5.34. The minimum absolute atomic E-state index is 0.107. The fraction of sp³-hybridized carbons (Fsp3) is 0.290. The maximum Gasteiger partial charge on any atom is 0.251 e. The van der Waals surface area contributed by atoms with Gasteiger partial charge in [-0.15, -0.1) is 0 Å². The molecule has 0 fully saturated rings. The Morgan fingerprint density at radius 3 is 2.45 bits per heavy atom. The molecule has 208 valence electrons. The molecule has 8 nitrogen and oxygen atoms in total. The van der Waals surface area contributed by atoms with E-state index in [0.29, 0.717) is 23.0 Å². The first-order valence-corrected chi connectivity index (χ1v) is 14.0. The van der Waals surface area contributed by atoms with Gasteiger partial charge in [0.2, 0.25) is 0 Å². The normalized spacial score (nSPS) is 10.7. The Bertz CT molecular complexity index is 1450. The fourth-order valence-corrected chi connectivity index (χ4v) is 5.03. The van der Waals surface area contributed by atoms with Crippen LogP contribution < -0.4 is 19.7 Å². The average Bonchev–Trinajstić information content (AvgIpc) is 2.99. The van der Waals surface area contributed by atoms with Crippen molar-refractivity contribution >= 4 is 23.5 Å². The number of ether oxygens (including phenoxy) is 2. The molecule has 9 heteroatoms. The van der Waals surface area contributed by atoms with Crippen molar-refractivity contribution in [3.8, 4) is 11.5 Å². The molecular formula is C31H35N5O3S. The number of nitrogens with one attached hydrogen (secondary N) is 1. The van der Waals surface area contributed by atoms with E-state index in [1.807, 2.05) is 55.5 Å². The van der Waals surface area contributed by atoms with Crippen molar-refractivity contribution in [2.45, 2.75) is 37.7 Å². The van der Waals surface area contributed by atoms with Crippen LogP contribution in [0.15, 0.2) is 72.1 Å². The third kappa shape index (κ3) is 7.51. The number of hydrogen-bond donors (Lipinski definition) is 1. The number of likely N-dealkylation sites (N-methyl/N-ethyl adjacent to an activating group) is 1. The van der Waals surface area contributed by atoms with E-state index >= 15 is 0 Å². The summed E-state index contributed by atoms with van der Waals surface area (Å²) in [6.07, 6.45) is 4.27. The van der Waals surface area contributed by atoms with Crippen LogP contribution in [0, 0.1) is 13.8 Å². The highest BCUT2D eigenvalue weighted by Crippen LogP contribution is 2.29. The summed E-state index contributed by atoms with van der Waals surface area (Å²) in [4.78, 5) is 28.5. The molecule has 4 aromatic rings.